The smallest absolute Gasteiger partial charge is 0.263 e. The summed E-state index contributed by atoms with van der Waals surface area (Å²) in [5.74, 6) is 0.542. The molecule has 0 unspecified atom stereocenters. The molecule has 2 heterocycles. The first-order chi connectivity index (χ1) is 11.3. The van der Waals surface area contributed by atoms with Crippen LogP contribution < -0.4 is 15.4 Å². The van der Waals surface area contributed by atoms with Gasteiger partial charge in [-0.3, -0.25) is 9.52 Å². The van der Waals surface area contributed by atoms with Crippen LogP contribution in [0.25, 0.3) is 0 Å². The van der Waals surface area contributed by atoms with Gasteiger partial charge in [-0.15, -0.1) is 10.2 Å². The first kappa shape index (κ1) is 16.2. The van der Waals surface area contributed by atoms with Crippen LogP contribution in [-0.2, 0) is 21.2 Å². The number of benzene rings is 1. The predicted molar refractivity (Wildman–Crippen MR) is 90.4 cm³/mol. The highest BCUT2D eigenvalue weighted by Crippen LogP contribution is 2.26. The quantitative estimate of drug-likeness (QED) is 0.757. The van der Waals surface area contributed by atoms with Crippen molar-refractivity contribution in [1.82, 2.24) is 10.2 Å². The minimum absolute atomic E-state index is 0.0731. The molecule has 1 aromatic carbocycles. The maximum Gasteiger partial charge on any atom is 0.263 e. The van der Waals surface area contributed by atoms with Crippen LogP contribution in [0.1, 0.15) is 19.4 Å². The molecule has 24 heavy (non-hydrogen) atoms. The molecule has 0 aliphatic carbocycles. The number of anilines is 3. The lowest BCUT2D eigenvalue weighted by atomic mass is 10.2. The molecule has 1 aliphatic rings. The molecule has 0 radical (unpaired) electrons. The number of aromatic nitrogens is 2. The van der Waals surface area contributed by atoms with Crippen molar-refractivity contribution in [2.75, 3.05) is 15.4 Å². The minimum atomic E-state index is -3.80. The Balaban J connectivity index is 1.79. The van der Waals surface area contributed by atoms with E-state index < -0.39 is 10.0 Å². The molecule has 126 valence electrons. The summed E-state index contributed by atoms with van der Waals surface area (Å²) in [5.41, 5.74) is 1.30. The van der Waals surface area contributed by atoms with Crippen LogP contribution in [0.3, 0.4) is 0 Å². The van der Waals surface area contributed by atoms with E-state index in [4.69, 9.17) is 0 Å². The van der Waals surface area contributed by atoms with Crippen molar-refractivity contribution in [3.8, 4) is 0 Å². The second-order valence-electron chi connectivity index (χ2n) is 5.75. The number of carbonyl (C=O) groups is 1. The molecule has 3 N–H and O–H groups in total. The van der Waals surface area contributed by atoms with Crippen molar-refractivity contribution in [1.29, 1.82) is 0 Å². The standard InChI is InChI=1S/C15H17N5O3S/c1-9(2)16-13-5-6-14(19-18-13)20-24(22,23)11-3-4-12-10(7-11)8-15(21)17-12/h3-7,9H,8H2,1-2H3,(H,16,18)(H,17,21)(H,19,20). The van der Waals surface area contributed by atoms with Crippen LogP contribution in [0.15, 0.2) is 35.2 Å². The van der Waals surface area contributed by atoms with E-state index in [-0.39, 0.29) is 29.1 Å². The molecule has 0 saturated heterocycles. The van der Waals surface area contributed by atoms with Crippen LogP contribution in [0.4, 0.5) is 17.3 Å². The Hall–Kier alpha value is -2.68. The van der Waals surface area contributed by atoms with E-state index in [1.165, 1.54) is 18.2 Å². The first-order valence-corrected chi connectivity index (χ1v) is 8.88. The molecule has 0 saturated carbocycles. The lowest BCUT2D eigenvalue weighted by molar-refractivity contribution is -0.115. The molecular weight excluding hydrogens is 330 g/mol. The summed E-state index contributed by atoms with van der Waals surface area (Å²) in [6.07, 6.45) is 0.175. The molecule has 0 fully saturated rings. The van der Waals surface area contributed by atoms with E-state index in [0.29, 0.717) is 17.1 Å². The summed E-state index contributed by atoms with van der Waals surface area (Å²) < 4.78 is 27.3. The van der Waals surface area contributed by atoms with E-state index >= 15 is 0 Å². The van der Waals surface area contributed by atoms with Gasteiger partial charge in [0.15, 0.2) is 5.82 Å². The van der Waals surface area contributed by atoms with Gasteiger partial charge in [-0.2, -0.15) is 0 Å². The molecule has 8 nitrogen and oxygen atoms in total. The van der Waals surface area contributed by atoms with Gasteiger partial charge in [0.25, 0.3) is 10.0 Å². The summed E-state index contributed by atoms with van der Waals surface area (Å²) in [6.45, 7) is 3.93. The molecule has 2 aromatic rings. The molecule has 9 heteroatoms. The monoisotopic (exact) mass is 347 g/mol. The van der Waals surface area contributed by atoms with Crippen LogP contribution in [0, 0.1) is 0 Å². The average Bonchev–Trinajstić information content (AvgIpc) is 2.87. The third-order valence-corrected chi connectivity index (χ3v) is 4.70. The molecule has 0 bridgehead atoms. The van der Waals surface area contributed by atoms with E-state index in [0.717, 1.165) is 0 Å². The van der Waals surface area contributed by atoms with Crippen molar-refractivity contribution < 1.29 is 13.2 Å². The second-order valence-corrected chi connectivity index (χ2v) is 7.43. The summed E-state index contributed by atoms with van der Waals surface area (Å²) in [4.78, 5) is 11.4. The van der Waals surface area contributed by atoms with Gasteiger partial charge in [-0.25, -0.2) is 8.42 Å². The molecule has 1 amide bonds. The third kappa shape index (κ3) is 3.46. The van der Waals surface area contributed by atoms with Crippen molar-refractivity contribution in [2.45, 2.75) is 31.2 Å². The zero-order chi connectivity index (χ0) is 17.3. The SMILES string of the molecule is CC(C)Nc1ccc(NS(=O)(=O)c2ccc3c(c2)CC(=O)N3)nn1. The zero-order valence-corrected chi connectivity index (χ0v) is 14.0. The van der Waals surface area contributed by atoms with E-state index in [1.807, 2.05) is 13.8 Å². The Bertz CT molecular complexity index is 878. The Morgan fingerprint density at radius 2 is 1.83 bits per heavy atom. The van der Waals surface area contributed by atoms with E-state index in [2.05, 4.69) is 25.6 Å². The Labute approximate surface area is 139 Å². The molecular formula is C15H17N5O3S. The number of rotatable bonds is 5. The average molecular weight is 347 g/mol. The van der Waals surface area contributed by atoms with Gasteiger partial charge < -0.3 is 10.6 Å². The summed E-state index contributed by atoms with van der Waals surface area (Å²) in [7, 11) is -3.80. The predicted octanol–water partition coefficient (Wildman–Crippen LogP) is 1.59. The first-order valence-electron chi connectivity index (χ1n) is 7.39. The third-order valence-electron chi connectivity index (χ3n) is 3.35. The fourth-order valence-corrected chi connectivity index (χ4v) is 3.38. The highest BCUT2D eigenvalue weighted by atomic mass is 32.2. The van der Waals surface area contributed by atoms with Gasteiger partial charge in [0, 0.05) is 11.7 Å². The largest absolute Gasteiger partial charge is 0.366 e. The summed E-state index contributed by atoms with van der Waals surface area (Å²) in [5, 5.41) is 13.5. The highest BCUT2D eigenvalue weighted by Gasteiger charge is 2.22. The van der Waals surface area contributed by atoms with Gasteiger partial charge in [-0.05, 0) is 49.7 Å². The van der Waals surface area contributed by atoms with E-state index in [9.17, 15) is 13.2 Å². The van der Waals surface area contributed by atoms with Gasteiger partial charge in [0.1, 0.15) is 5.82 Å². The van der Waals surface area contributed by atoms with Crippen molar-refractivity contribution in [3.63, 3.8) is 0 Å². The zero-order valence-electron chi connectivity index (χ0n) is 13.2. The van der Waals surface area contributed by atoms with Gasteiger partial charge in [0.2, 0.25) is 5.91 Å². The van der Waals surface area contributed by atoms with Gasteiger partial charge in [-0.1, -0.05) is 0 Å². The van der Waals surface area contributed by atoms with Crippen LogP contribution in [-0.4, -0.2) is 30.6 Å². The van der Waals surface area contributed by atoms with Gasteiger partial charge in [0.05, 0.1) is 11.3 Å². The number of hydrogen-bond acceptors (Lipinski definition) is 6. The molecule has 0 spiro atoms. The maximum atomic E-state index is 12.4. The van der Waals surface area contributed by atoms with Gasteiger partial charge >= 0.3 is 0 Å². The molecule has 1 aromatic heterocycles. The number of fused-ring (bicyclic) bond motifs is 1. The summed E-state index contributed by atoms with van der Waals surface area (Å²) in [6, 6.07) is 7.89. The maximum absolute atomic E-state index is 12.4. The number of carbonyl (C=O) groups excluding carboxylic acids is 1. The minimum Gasteiger partial charge on any atom is -0.366 e. The normalized spacial score (nSPS) is 13.5. The van der Waals surface area contributed by atoms with Crippen LogP contribution in [0.2, 0.25) is 0 Å². The second kappa shape index (κ2) is 6.08. The number of hydrogen-bond donors (Lipinski definition) is 3. The Morgan fingerprint density at radius 1 is 1.12 bits per heavy atom. The number of nitrogens with zero attached hydrogens (tertiary/aromatic N) is 2. The molecule has 1 aliphatic heterocycles. The van der Waals surface area contributed by atoms with Crippen LogP contribution >= 0.6 is 0 Å². The number of amides is 1. The Kier molecular flexibility index (Phi) is 4.10. The number of nitrogens with one attached hydrogen (secondary N) is 3. The fourth-order valence-electron chi connectivity index (χ4n) is 2.33. The van der Waals surface area contributed by atoms with Crippen LogP contribution in [0.5, 0.6) is 0 Å². The van der Waals surface area contributed by atoms with Crippen molar-refractivity contribution in [2.24, 2.45) is 0 Å². The van der Waals surface area contributed by atoms with Crippen molar-refractivity contribution in [3.05, 3.63) is 35.9 Å². The highest BCUT2D eigenvalue weighted by molar-refractivity contribution is 7.92. The number of sulfonamides is 1. The lowest BCUT2D eigenvalue weighted by Gasteiger charge is -2.10. The topological polar surface area (TPSA) is 113 Å². The molecule has 3 rings (SSSR count). The summed E-state index contributed by atoms with van der Waals surface area (Å²) >= 11 is 0. The van der Waals surface area contributed by atoms with E-state index in [1.54, 1.807) is 12.1 Å². The lowest BCUT2D eigenvalue weighted by Crippen LogP contribution is -2.16. The Morgan fingerprint density at radius 3 is 2.50 bits per heavy atom. The fraction of sp³-hybridized carbons (Fsp3) is 0.267. The molecule has 0 atom stereocenters. The van der Waals surface area contributed by atoms with Crippen molar-refractivity contribution >= 4 is 33.3 Å².